The number of amides is 1. The molecule has 2 unspecified atom stereocenters. The minimum absolute atomic E-state index is 0. The zero-order valence-corrected chi connectivity index (χ0v) is 19.7. The molecule has 2 aliphatic heterocycles. The lowest BCUT2D eigenvalue weighted by atomic mass is 10.0. The van der Waals surface area contributed by atoms with Gasteiger partial charge in [0.15, 0.2) is 5.96 Å². The number of carbonyl (C=O) groups is 1. The summed E-state index contributed by atoms with van der Waals surface area (Å²) < 4.78 is 5.50. The van der Waals surface area contributed by atoms with Crippen molar-refractivity contribution < 1.29 is 9.53 Å². The molecule has 2 saturated heterocycles. The standard InChI is InChI=1S/C19H37N5O2.HI/c1-5-18(25)24-7-6-16(14-24)22-19(20-4)21-13-17(12-15(2)3)23-8-10-26-11-9-23;/h15-17H,5-14H2,1-4H3,(H2,20,21,22);1H. The van der Waals surface area contributed by atoms with Crippen LogP contribution in [0.4, 0.5) is 0 Å². The Labute approximate surface area is 181 Å². The topological polar surface area (TPSA) is 69.2 Å². The summed E-state index contributed by atoms with van der Waals surface area (Å²) in [4.78, 5) is 20.7. The van der Waals surface area contributed by atoms with Gasteiger partial charge in [-0.15, -0.1) is 24.0 Å². The van der Waals surface area contributed by atoms with E-state index in [9.17, 15) is 4.79 Å². The van der Waals surface area contributed by atoms with E-state index in [2.05, 4.69) is 34.4 Å². The van der Waals surface area contributed by atoms with Crippen molar-refractivity contribution in [2.75, 3.05) is 53.0 Å². The number of nitrogens with zero attached hydrogens (tertiary/aromatic N) is 3. The maximum atomic E-state index is 11.8. The van der Waals surface area contributed by atoms with Gasteiger partial charge in [0.05, 0.1) is 13.2 Å². The summed E-state index contributed by atoms with van der Waals surface area (Å²) in [6.45, 7) is 12.6. The highest BCUT2D eigenvalue weighted by molar-refractivity contribution is 14.0. The predicted molar refractivity (Wildman–Crippen MR) is 121 cm³/mol. The maximum Gasteiger partial charge on any atom is 0.222 e. The molecule has 27 heavy (non-hydrogen) atoms. The minimum Gasteiger partial charge on any atom is -0.379 e. The fraction of sp³-hybridized carbons (Fsp3) is 0.895. The summed E-state index contributed by atoms with van der Waals surface area (Å²) in [6, 6.07) is 0.767. The second kappa shape index (κ2) is 12.8. The molecule has 2 rings (SSSR count). The van der Waals surface area contributed by atoms with Gasteiger partial charge in [0.2, 0.25) is 5.91 Å². The van der Waals surface area contributed by atoms with Gasteiger partial charge in [-0.05, 0) is 18.8 Å². The number of aliphatic imine (C=N–C) groups is 1. The lowest BCUT2D eigenvalue weighted by molar-refractivity contribution is -0.129. The average molecular weight is 495 g/mol. The molecule has 2 N–H and O–H groups in total. The average Bonchev–Trinajstić information content (AvgIpc) is 3.12. The lowest BCUT2D eigenvalue weighted by Gasteiger charge is -2.36. The van der Waals surface area contributed by atoms with E-state index >= 15 is 0 Å². The van der Waals surface area contributed by atoms with E-state index in [1.165, 1.54) is 0 Å². The Bertz CT molecular complexity index is 469. The van der Waals surface area contributed by atoms with Crippen molar-refractivity contribution in [2.24, 2.45) is 10.9 Å². The summed E-state index contributed by atoms with van der Waals surface area (Å²) in [5, 5.41) is 7.00. The molecule has 8 heteroatoms. The number of guanidine groups is 1. The predicted octanol–water partition coefficient (Wildman–Crippen LogP) is 1.53. The van der Waals surface area contributed by atoms with Crippen molar-refractivity contribution in [2.45, 2.75) is 52.1 Å². The first-order valence-electron chi connectivity index (χ1n) is 10.1. The monoisotopic (exact) mass is 495 g/mol. The van der Waals surface area contributed by atoms with E-state index < -0.39 is 0 Å². The van der Waals surface area contributed by atoms with Crippen molar-refractivity contribution in [3.05, 3.63) is 0 Å². The van der Waals surface area contributed by atoms with Gasteiger partial charge in [-0.25, -0.2) is 0 Å². The van der Waals surface area contributed by atoms with Crippen LogP contribution in [-0.2, 0) is 9.53 Å². The van der Waals surface area contributed by atoms with Crippen LogP contribution in [-0.4, -0.2) is 86.7 Å². The molecule has 0 aromatic heterocycles. The number of ether oxygens (including phenoxy) is 1. The van der Waals surface area contributed by atoms with Crippen LogP contribution in [0.25, 0.3) is 0 Å². The fourth-order valence-electron chi connectivity index (χ4n) is 3.78. The fourth-order valence-corrected chi connectivity index (χ4v) is 3.78. The van der Waals surface area contributed by atoms with Gasteiger partial charge in [0, 0.05) is 58.3 Å². The molecule has 0 aromatic carbocycles. The molecule has 2 atom stereocenters. The van der Waals surface area contributed by atoms with Crippen LogP contribution in [0.15, 0.2) is 4.99 Å². The third kappa shape index (κ3) is 8.11. The number of nitrogens with one attached hydrogen (secondary N) is 2. The van der Waals surface area contributed by atoms with Crippen molar-refractivity contribution in [3.8, 4) is 0 Å². The van der Waals surface area contributed by atoms with Crippen LogP contribution in [0, 0.1) is 5.92 Å². The van der Waals surface area contributed by atoms with Gasteiger partial charge in [0.1, 0.15) is 0 Å². The van der Waals surface area contributed by atoms with Crippen LogP contribution < -0.4 is 10.6 Å². The Morgan fingerprint density at radius 1 is 1.26 bits per heavy atom. The Morgan fingerprint density at radius 3 is 2.56 bits per heavy atom. The Hall–Kier alpha value is -0.610. The van der Waals surface area contributed by atoms with Gasteiger partial charge in [-0.1, -0.05) is 20.8 Å². The van der Waals surface area contributed by atoms with Crippen molar-refractivity contribution in [1.29, 1.82) is 0 Å². The van der Waals surface area contributed by atoms with Gasteiger partial charge < -0.3 is 20.3 Å². The lowest BCUT2D eigenvalue weighted by Crippen LogP contribution is -2.52. The summed E-state index contributed by atoms with van der Waals surface area (Å²) in [5.74, 6) is 1.73. The van der Waals surface area contributed by atoms with Gasteiger partial charge >= 0.3 is 0 Å². The second-order valence-corrected chi connectivity index (χ2v) is 7.71. The van der Waals surface area contributed by atoms with E-state index in [4.69, 9.17) is 4.74 Å². The molecule has 1 amide bonds. The highest BCUT2D eigenvalue weighted by atomic mass is 127. The third-order valence-electron chi connectivity index (χ3n) is 5.22. The zero-order valence-electron chi connectivity index (χ0n) is 17.4. The molecule has 0 saturated carbocycles. The highest BCUT2D eigenvalue weighted by Crippen LogP contribution is 2.13. The molecule has 0 spiro atoms. The Kier molecular flexibility index (Phi) is 11.6. The molecule has 0 radical (unpaired) electrons. The first-order chi connectivity index (χ1) is 12.5. The van der Waals surface area contributed by atoms with Crippen molar-refractivity contribution >= 4 is 35.8 Å². The van der Waals surface area contributed by atoms with Crippen molar-refractivity contribution in [3.63, 3.8) is 0 Å². The maximum absolute atomic E-state index is 11.8. The van der Waals surface area contributed by atoms with E-state index in [0.29, 0.717) is 18.4 Å². The number of halogens is 1. The minimum atomic E-state index is 0. The summed E-state index contributed by atoms with van der Waals surface area (Å²) in [6.07, 6.45) is 2.72. The first-order valence-corrected chi connectivity index (χ1v) is 10.1. The van der Waals surface area contributed by atoms with Gasteiger partial charge in [-0.3, -0.25) is 14.7 Å². The summed E-state index contributed by atoms with van der Waals surface area (Å²) in [5.41, 5.74) is 0. The Balaban J connectivity index is 0.00000364. The quantitative estimate of drug-likeness (QED) is 0.319. The van der Waals surface area contributed by atoms with E-state index in [1.807, 2.05) is 18.9 Å². The molecule has 2 heterocycles. The highest BCUT2D eigenvalue weighted by Gasteiger charge is 2.26. The second-order valence-electron chi connectivity index (χ2n) is 7.71. The molecule has 2 aliphatic rings. The molecule has 0 bridgehead atoms. The molecule has 7 nitrogen and oxygen atoms in total. The van der Waals surface area contributed by atoms with Crippen LogP contribution in [0.5, 0.6) is 0 Å². The van der Waals surface area contributed by atoms with Gasteiger partial charge in [-0.2, -0.15) is 0 Å². The number of rotatable bonds is 7. The number of hydrogen-bond donors (Lipinski definition) is 2. The number of hydrogen-bond acceptors (Lipinski definition) is 4. The summed E-state index contributed by atoms with van der Waals surface area (Å²) >= 11 is 0. The molecule has 0 aromatic rings. The van der Waals surface area contributed by atoms with E-state index in [1.54, 1.807) is 0 Å². The number of morpholine rings is 1. The molecule has 0 aliphatic carbocycles. The van der Waals surface area contributed by atoms with Crippen LogP contribution in [0.2, 0.25) is 0 Å². The molecule has 158 valence electrons. The largest absolute Gasteiger partial charge is 0.379 e. The van der Waals surface area contributed by atoms with Crippen LogP contribution in [0.1, 0.15) is 40.0 Å². The first kappa shape index (κ1) is 24.4. The van der Waals surface area contributed by atoms with E-state index in [-0.39, 0.29) is 35.9 Å². The molecular weight excluding hydrogens is 457 g/mol. The zero-order chi connectivity index (χ0) is 18.9. The number of likely N-dealkylation sites (tertiary alicyclic amines) is 1. The van der Waals surface area contributed by atoms with Crippen LogP contribution >= 0.6 is 24.0 Å². The smallest absolute Gasteiger partial charge is 0.222 e. The Morgan fingerprint density at radius 2 is 1.96 bits per heavy atom. The normalized spacial score (nSPS) is 22.5. The summed E-state index contributed by atoms with van der Waals surface area (Å²) in [7, 11) is 1.81. The van der Waals surface area contributed by atoms with Crippen LogP contribution in [0.3, 0.4) is 0 Å². The molecular formula is C19H38IN5O2. The molecule has 2 fully saturated rings. The third-order valence-corrected chi connectivity index (χ3v) is 5.22. The van der Waals surface area contributed by atoms with Crippen molar-refractivity contribution in [1.82, 2.24) is 20.4 Å². The van der Waals surface area contributed by atoms with E-state index in [0.717, 1.165) is 64.7 Å². The van der Waals surface area contributed by atoms with Gasteiger partial charge in [0.25, 0.3) is 0 Å². The SMILES string of the molecule is CCC(=O)N1CCC(NC(=NC)NCC(CC(C)C)N2CCOCC2)C1.I. The number of carbonyl (C=O) groups excluding carboxylic acids is 1.